The Hall–Kier alpha value is -1.81. The molecule has 1 N–H and O–H groups in total. The van der Waals surface area contributed by atoms with Crippen LogP contribution in [0.2, 0.25) is 0 Å². The standard InChI is InChI=1S/C16H14BrNO2/c17-15-9-13(5-6-14(15)16(19)20)18-8-7-11-3-1-2-4-12(11)10-18/h1-6,9H,7-8,10H2,(H,19,20). The van der Waals surface area contributed by atoms with Gasteiger partial charge >= 0.3 is 5.97 Å². The normalized spacial score (nSPS) is 13.9. The number of hydrogen-bond acceptors (Lipinski definition) is 2. The number of anilines is 1. The summed E-state index contributed by atoms with van der Waals surface area (Å²) in [6, 6.07) is 13.9. The minimum absolute atomic E-state index is 0.297. The summed E-state index contributed by atoms with van der Waals surface area (Å²) < 4.78 is 0.626. The third kappa shape index (κ3) is 2.43. The maximum atomic E-state index is 11.0. The van der Waals surface area contributed by atoms with Crippen molar-refractivity contribution in [2.24, 2.45) is 0 Å². The molecule has 1 aliphatic rings. The van der Waals surface area contributed by atoms with Crippen molar-refractivity contribution in [3.63, 3.8) is 0 Å². The number of carboxylic acid groups (broad SMARTS) is 1. The molecule has 102 valence electrons. The second-order valence-electron chi connectivity index (χ2n) is 4.91. The lowest BCUT2D eigenvalue weighted by Gasteiger charge is -2.31. The van der Waals surface area contributed by atoms with Crippen LogP contribution in [-0.4, -0.2) is 17.6 Å². The molecule has 20 heavy (non-hydrogen) atoms. The minimum Gasteiger partial charge on any atom is -0.478 e. The number of carboxylic acids is 1. The summed E-state index contributed by atoms with van der Waals surface area (Å²) >= 11 is 3.34. The Morgan fingerprint density at radius 2 is 1.90 bits per heavy atom. The van der Waals surface area contributed by atoms with Gasteiger partial charge in [0, 0.05) is 23.2 Å². The third-order valence-corrected chi connectivity index (χ3v) is 4.33. The van der Waals surface area contributed by atoms with Crippen molar-refractivity contribution < 1.29 is 9.90 Å². The fourth-order valence-corrected chi connectivity index (χ4v) is 3.13. The van der Waals surface area contributed by atoms with Gasteiger partial charge in [0.05, 0.1) is 5.56 Å². The van der Waals surface area contributed by atoms with Gasteiger partial charge in [0.25, 0.3) is 0 Å². The third-order valence-electron chi connectivity index (χ3n) is 3.68. The Bertz CT molecular complexity index is 669. The first-order chi connectivity index (χ1) is 9.65. The molecule has 4 heteroatoms. The van der Waals surface area contributed by atoms with Gasteiger partial charge in [0.15, 0.2) is 0 Å². The van der Waals surface area contributed by atoms with E-state index in [-0.39, 0.29) is 0 Å². The molecule has 0 spiro atoms. The van der Waals surface area contributed by atoms with Crippen LogP contribution in [0.1, 0.15) is 21.5 Å². The highest BCUT2D eigenvalue weighted by Crippen LogP contribution is 2.28. The van der Waals surface area contributed by atoms with Gasteiger partial charge in [-0.25, -0.2) is 4.79 Å². The van der Waals surface area contributed by atoms with Crippen molar-refractivity contribution in [2.45, 2.75) is 13.0 Å². The fourth-order valence-electron chi connectivity index (χ4n) is 2.59. The Labute approximate surface area is 126 Å². The van der Waals surface area contributed by atoms with Gasteiger partial charge in [0.1, 0.15) is 0 Å². The van der Waals surface area contributed by atoms with Crippen molar-refractivity contribution in [2.75, 3.05) is 11.4 Å². The molecule has 3 rings (SSSR count). The van der Waals surface area contributed by atoms with Crippen LogP contribution in [0.4, 0.5) is 5.69 Å². The van der Waals surface area contributed by atoms with Crippen LogP contribution in [-0.2, 0) is 13.0 Å². The summed E-state index contributed by atoms with van der Waals surface area (Å²) in [5.41, 5.74) is 4.10. The van der Waals surface area contributed by atoms with Crippen molar-refractivity contribution in [1.82, 2.24) is 0 Å². The molecule has 0 bridgehead atoms. The monoisotopic (exact) mass is 331 g/mol. The van der Waals surface area contributed by atoms with Gasteiger partial charge in [-0.15, -0.1) is 0 Å². The summed E-state index contributed by atoms with van der Waals surface area (Å²) in [4.78, 5) is 13.3. The Morgan fingerprint density at radius 1 is 1.15 bits per heavy atom. The highest BCUT2D eigenvalue weighted by Gasteiger charge is 2.17. The summed E-state index contributed by atoms with van der Waals surface area (Å²) in [5, 5.41) is 9.05. The van der Waals surface area contributed by atoms with Crippen LogP contribution >= 0.6 is 15.9 Å². The molecule has 3 nitrogen and oxygen atoms in total. The quantitative estimate of drug-likeness (QED) is 0.911. The van der Waals surface area contributed by atoms with Crippen LogP contribution in [0.15, 0.2) is 46.9 Å². The first-order valence-corrected chi connectivity index (χ1v) is 7.29. The Morgan fingerprint density at radius 3 is 2.60 bits per heavy atom. The van der Waals surface area contributed by atoms with Gasteiger partial charge < -0.3 is 10.0 Å². The molecule has 0 atom stereocenters. The number of carbonyl (C=O) groups is 1. The maximum absolute atomic E-state index is 11.0. The van der Waals surface area contributed by atoms with Crippen LogP contribution in [0.25, 0.3) is 0 Å². The lowest BCUT2D eigenvalue weighted by molar-refractivity contribution is 0.0696. The molecule has 0 aliphatic carbocycles. The molecule has 0 unspecified atom stereocenters. The van der Waals surface area contributed by atoms with E-state index < -0.39 is 5.97 Å². The van der Waals surface area contributed by atoms with E-state index in [0.717, 1.165) is 25.2 Å². The molecule has 0 amide bonds. The predicted octanol–water partition coefficient (Wildman–Crippen LogP) is 3.71. The summed E-state index contributed by atoms with van der Waals surface area (Å²) in [7, 11) is 0. The highest BCUT2D eigenvalue weighted by molar-refractivity contribution is 9.10. The number of rotatable bonds is 2. The molecule has 2 aromatic carbocycles. The van der Waals surface area contributed by atoms with Crippen LogP contribution in [0, 0.1) is 0 Å². The second kappa shape index (κ2) is 5.29. The average Bonchev–Trinajstić information content (AvgIpc) is 2.46. The molecular weight excluding hydrogens is 318 g/mol. The SMILES string of the molecule is O=C(O)c1ccc(N2CCc3ccccc3C2)cc1Br. The molecule has 0 radical (unpaired) electrons. The number of benzene rings is 2. The van der Waals surface area contributed by atoms with Gasteiger partial charge in [-0.3, -0.25) is 0 Å². The number of halogens is 1. The van der Waals surface area contributed by atoms with Crippen molar-refractivity contribution >= 4 is 27.6 Å². The zero-order chi connectivity index (χ0) is 14.1. The fraction of sp³-hybridized carbons (Fsp3) is 0.188. The van der Waals surface area contributed by atoms with E-state index in [9.17, 15) is 4.79 Å². The van der Waals surface area contributed by atoms with Gasteiger partial charge in [0.2, 0.25) is 0 Å². The largest absolute Gasteiger partial charge is 0.478 e. The Balaban J connectivity index is 1.88. The van der Waals surface area contributed by atoms with E-state index >= 15 is 0 Å². The van der Waals surface area contributed by atoms with Crippen LogP contribution < -0.4 is 4.90 Å². The Kier molecular flexibility index (Phi) is 3.49. The zero-order valence-electron chi connectivity index (χ0n) is 10.8. The van der Waals surface area contributed by atoms with E-state index in [1.807, 2.05) is 12.1 Å². The summed E-state index contributed by atoms with van der Waals surface area (Å²) in [6.45, 7) is 1.82. The van der Waals surface area contributed by atoms with Gasteiger partial charge in [-0.1, -0.05) is 24.3 Å². The van der Waals surface area contributed by atoms with Crippen molar-refractivity contribution in [1.29, 1.82) is 0 Å². The molecule has 0 saturated heterocycles. The second-order valence-corrected chi connectivity index (χ2v) is 5.76. The van der Waals surface area contributed by atoms with E-state index in [4.69, 9.17) is 5.11 Å². The van der Waals surface area contributed by atoms with Crippen molar-refractivity contribution in [3.05, 3.63) is 63.6 Å². The van der Waals surface area contributed by atoms with Crippen LogP contribution in [0.3, 0.4) is 0 Å². The first-order valence-electron chi connectivity index (χ1n) is 6.50. The van der Waals surface area contributed by atoms with E-state index in [2.05, 4.69) is 45.1 Å². The molecule has 0 saturated carbocycles. The number of nitrogens with zero attached hydrogens (tertiary/aromatic N) is 1. The van der Waals surface area contributed by atoms with Crippen molar-refractivity contribution in [3.8, 4) is 0 Å². The summed E-state index contributed by atoms with van der Waals surface area (Å²) in [6.07, 6.45) is 1.02. The maximum Gasteiger partial charge on any atom is 0.336 e. The summed E-state index contributed by atoms with van der Waals surface area (Å²) in [5.74, 6) is -0.910. The van der Waals surface area contributed by atoms with Gasteiger partial charge in [-0.2, -0.15) is 0 Å². The first kappa shape index (κ1) is 13.2. The van der Waals surface area contributed by atoms with Gasteiger partial charge in [-0.05, 0) is 51.7 Å². The number of hydrogen-bond donors (Lipinski definition) is 1. The molecule has 0 fully saturated rings. The van der Waals surface area contributed by atoms with E-state index in [0.29, 0.717) is 10.0 Å². The topological polar surface area (TPSA) is 40.5 Å². The molecular formula is C16H14BrNO2. The highest BCUT2D eigenvalue weighted by atomic mass is 79.9. The van der Waals surface area contributed by atoms with E-state index in [1.54, 1.807) is 6.07 Å². The van der Waals surface area contributed by atoms with Crippen LogP contribution in [0.5, 0.6) is 0 Å². The number of fused-ring (bicyclic) bond motifs is 1. The zero-order valence-corrected chi connectivity index (χ0v) is 12.4. The molecule has 1 heterocycles. The smallest absolute Gasteiger partial charge is 0.336 e. The molecule has 0 aromatic heterocycles. The minimum atomic E-state index is -0.910. The number of aromatic carboxylic acids is 1. The average molecular weight is 332 g/mol. The molecule has 1 aliphatic heterocycles. The molecule has 2 aromatic rings. The van der Waals surface area contributed by atoms with E-state index in [1.165, 1.54) is 11.1 Å². The lowest BCUT2D eigenvalue weighted by atomic mass is 9.99. The lowest BCUT2D eigenvalue weighted by Crippen LogP contribution is -2.30. The predicted molar refractivity (Wildman–Crippen MR) is 82.3 cm³/mol.